The standard InChI is InChI=1S/C15H18ClN3O4/c16-8-5-11-13(23-7-14(21)17-11)6-10(8)19-15(22)18-9-3-1-2-4-12(9)20/h5-6,9,12,20H,1-4,7H2,(H,17,21)(H2,18,19,22)/t9-,12+/m0/s1. The zero-order valence-electron chi connectivity index (χ0n) is 12.4. The number of carbonyl (C=O) groups is 2. The van der Waals surface area contributed by atoms with Crippen LogP contribution < -0.4 is 20.7 Å². The Balaban J connectivity index is 1.67. The second-order valence-corrected chi connectivity index (χ2v) is 6.13. The van der Waals surface area contributed by atoms with E-state index >= 15 is 0 Å². The Labute approximate surface area is 138 Å². The number of ether oxygens (including phenoxy) is 1. The number of urea groups is 1. The van der Waals surface area contributed by atoms with E-state index in [-0.39, 0.29) is 23.6 Å². The first-order valence-electron chi connectivity index (χ1n) is 7.54. The van der Waals surface area contributed by atoms with Crippen molar-refractivity contribution in [2.75, 3.05) is 17.2 Å². The highest BCUT2D eigenvalue weighted by Crippen LogP contribution is 2.36. The molecule has 0 aromatic heterocycles. The fourth-order valence-electron chi connectivity index (χ4n) is 2.80. The number of hydrogen-bond acceptors (Lipinski definition) is 4. The Kier molecular flexibility index (Phi) is 4.58. The van der Waals surface area contributed by atoms with Crippen LogP contribution in [-0.4, -0.2) is 35.8 Å². The van der Waals surface area contributed by atoms with Crippen molar-refractivity contribution >= 4 is 34.9 Å². The molecule has 3 amide bonds. The van der Waals surface area contributed by atoms with Gasteiger partial charge in [-0.15, -0.1) is 0 Å². The van der Waals surface area contributed by atoms with E-state index in [0.717, 1.165) is 19.3 Å². The van der Waals surface area contributed by atoms with Crippen LogP contribution in [0.1, 0.15) is 25.7 Å². The normalized spacial score (nSPS) is 23.3. The maximum Gasteiger partial charge on any atom is 0.319 e. The lowest BCUT2D eigenvalue weighted by molar-refractivity contribution is -0.118. The summed E-state index contributed by atoms with van der Waals surface area (Å²) in [6.45, 7) is -0.0749. The van der Waals surface area contributed by atoms with E-state index < -0.39 is 12.1 Å². The number of aliphatic hydroxyl groups is 1. The highest BCUT2D eigenvalue weighted by Gasteiger charge is 2.25. The molecule has 1 aliphatic carbocycles. The first-order chi connectivity index (χ1) is 11.0. The number of benzene rings is 1. The molecule has 1 aliphatic heterocycles. The largest absolute Gasteiger partial charge is 0.482 e. The SMILES string of the molecule is O=C1COc2cc(NC(=O)N[C@H]3CCCC[C@H]3O)c(Cl)cc2N1. The van der Waals surface area contributed by atoms with Gasteiger partial charge in [0.1, 0.15) is 5.75 Å². The van der Waals surface area contributed by atoms with E-state index in [9.17, 15) is 14.7 Å². The Morgan fingerprint density at radius 2 is 2.13 bits per heavy atom. The predicted molar refractivity (Wildman–Crippen MR) is 86.0 cm³/mol. The maximum absolute atomic E-state index is 12.1. The van der Waals surface area contributed by atoms with Gasteiger partial charge in [-0.2, -0.15) is 0 Å². The molecular weight excluding hydrogens is 322 g/mol. The van der Waals surface area contributed by atoms with Crippen molar-refractivity contribution in [1.29, 1.82) is 0 Å². The van der Waals surface area contributed by atoms with Gasteiger partial charge in [-0.1, -0.05) is 24.4 Å². The van der Waals surface area contributed by atoms with Crippen LogP contribution in [0.25, 0.3) is 0 Å². The van der Waals surface area contributed by atoms with Gasteiger partial charge >= 0.3 is 6.03 Å². The molecule has 3 rings (SSSR count). The Morgan fingerprint density at radius 1 is 1.35 bits per heavy atom. The molecule has 2 atom stereocenters. The molecule has 1 aromatic rings. The first-order valence-corrected chi connectivity index (χ1v) is 7.92. The van der Waals surface area contributed by atoms with Gasteiger partial charge in [-0.05, 0) is 18.9 Å². The number of nitrogens with one attached hydrogen (secondary N) is 3. The van der Waals surface area contributed by atoms with Crippen molar-refractivity contribution in [3.05, 3.63) is 17.2 Å². The van der Waals surface area contributed by atoms with Gasteiger partial charge in [0, 0.05) is 6.07 Å². The second-order valence-electron chi connectivity index (χ2n) is 5.72. The highest BCUT2D eigenvalue weighted by atomic mass is 35.5. The number of fused-ring (bicyclic) bond motifs is 1. The van der Waals surface area contributed by atoms with Gasteiger partial charge in [0.2, 0.25) is 0 Å². The van der Waals surface area contributed by atoms with E-state index in [4.69, 9.17) is 16.3 Å². The zero-order chi connectivity index (χ0) is 16.4. The smallest absolute Gasteiger partial charge is 0.319 e. The van der Waals surface area contributed by atoms with Gasteiger partial charge in [-0.25, -0.2) is 4.79 Å². The molecule has 0 spiro atoms. The number of hydrogen-bond donors (Lipinski definition) is 4. The van der Waals surface area contributed by atoms with Crippen LogP contribution in [0.4, 0.5) is 16.2 Å². The molecule has 124 valence electrons. The third kappa shape index (κ3) is 3.68. The van der Waals surface area contributed by atoms with Gasteiger partial charge in [0.15, 0.2) is 6.61 Å². The third-order valence-electron chi connectivity index (χ3n) is 4.00. The highest BCUT2D eigenvalue weighted by molar-refractivity contribution is 6.34. The summed E-state index contributed by atoms with van der Waals surface area (Å²) in [5.74, 6) is 0.195. The van der Waals surface area contributed by atoms with Crippen molar-refractivity contribution in [3.63, 3.8) is 0 Å². The molecule has 0 bridgehead atoms. The van der Waals surface area contributed by atoms with Gasteiger partial charge < -0.3 is 25.8 Å². The Morgan fingerprint density at radius 3 is 2.91 bits per heavy atom. The number of halogens is 1. The van der Waals surface area contributed by atoms with Gasteiger partial charge in [0.25, 0.3) is 5.91 Å². The van der Waals surface area contributed by atoms with Gasteiger partial charge in [0.05, 0.1) is 28.5 Å². The molecule has 7 nitrogen and oxygen atoms in total. The van der Waals surface area contributed by atoms with E-state index in [1.807, 2.05) is 0 Å². The van der Waals surface area contributed by atoms with E-state index in [2.05, 4.69) is 16.0 Å². The van der Waals surface area contributed by atoms with Crippen LogP contribution in [0.15, 0.2) is 12.1 Å². The summed E-state index contributed by atoms with van der Waals surface area (Å²) in [6, 6.07) is 2.40. The van der Waals surface area contributed by atoms with E-state index in [0.29, 0.717) is 23.5 Å². The summed E-state index contributed by atoms with van der Waals surface area (Å²) in [5.41, 5.74) is 0.851. The van der Waals surface area contributed by atoms with Crippen LogP contribution in [0.3, 0.4) is 0 Å². The van der Waals surface area contributed by atoms with Crippen LogP contribution in [0, 0.1) is 0 Å². The fraction of sp³-hybridized carbons (Fsp3) is 0.467. The minimum atomic E-state index is -0.521. The quantitative estimate of drug-likeness (QED) is 0.663. The summed E-state index contributed by atoms with van der Waals surface area (Å²) in [6.07, 6.45) is 2.88. The second kappa shape index (κ2) is 6.64. The van der Waals surface area contributed by atoms with Crippen LogP contribution in [0.2, 0.25) is 5.02 Å². The molecule has 1 aromatic carbocycles. The molecule has 1 saturated carbocycles. The number of anilines is 2. The average molecular weight is 340 g/mol. The number of aliphatic hydroxyl groups excluding tert-OH is 1. The number of amides is 3. The molecule has 1 fully saturated rings. The third-order valence-corrected chi connectivity index (χ3v) is 4.31. The molecule has 0 radical (unpaired) electrons. The van der Waals surface area contributed by atoms with Crippen LogP contribution >= 0.6 is 11.6 Å². The molecule has 4 N–H and O–H groups in total. The van der Waals surface area contributed by atoms with Crippen molar-refractivity contribution in [2.45, 2.75) is 37.8 Å². The Hall–Kier alpha value is -1.99. The van der Waals surface area contributed by atoms with Crippen molar-refractivity contribution < 1.29 is 19.4 Å². The van der Waals surface area contributed by atoms with E-state index in [1.165, 1.54) is 6.07 Å². The summed E-state index contributed by atoms with van der Waals surface area (Å²) >= 11 is 6.13. The topological polar surface area (TPSA) is 99.7 Å². The lowest BCUT2D eigenvalue weighted by Gasteiger charge is -2.28. The Bertz CT molecular complexity index is 637. The molecular formula is C15H18ClN3O4. The van der Waals surface area contributed by atoms with E-state index in [1.54, 1.807) is 6.07 Å². The minimum Gasteiger partial charge on any atom is -0.482 e. The van der Waals surface area contributed by atoms with Crippen molar-refractivity contribution in [1.82, 2.24) is 5.32 Å². The number of rotatable bonds is 2. The minimum absolute atomic E-state index is 0.0749. The first kappa shape index (κ1) is 15.9. The summed E-state index contributed by atoms with van der Waals surface area (Å²) in [7, 11) is 0. The predicted octanol–water partition coefficient (Wildman–Crippen LogP) is 2.10. The van der Waals surface area contributed by atoms with Crippen LogP contribution in [-0.2, 0) is 4.79 Å². The van der Waals surface area contributed by atoms with Crippen LogP contribution in [0.5, 0.6) is 5.75 Å². The molecule has 8 heteroatoms. The van der Waals surface area contributed by atoms with Crippen molar-refractivity contribution in [2.24, 2.45) is 0 Å². The average Bonchev–Trinajstić information content (AvgIpc) is 2.50. The molecule has 2 aliphatic rings. The molecule has 23 heavy (non-hydrogen) atoms. The fourth-order valence-corrected chi connectivity index (χ4v) is 3.01. The van der Waals surface area contributed by atoms with Crippen molar-refractivity contribution in [3.8, 4) is 5.75 Å². The monoisotopic (exact) mass is 339 g/mol. The molecule has 0 unspecified atom stereocenters. The van der Waals surface area contributed by atoms with Gasteiger partial charge in [-0.3, -0.25) is 4.79 Å². The summed E-state index contributed by atoms with van der Waals surface area (Å²) < 4.78 is 5.30. The maximum atomic E-state index is 12.1. The summed E-state index contributed by atoms with van der Waals surface area (Å²) in [4.78, 5) is 23.4. The molecule has 0 saturated heterocycles. The zero-order valence-corrected chi connectivity index (χ0v) is 13.2. The molecule has 1 heterocycles. The lowest BCUT2D eigenvalue weighted by Crippen LogP contribution is -2.46. The lowest BCUT2D eigenvalue weighted by atomic mass is 9.93. The summed E-state index contributed by atoms with van der Waals surface area (Å²) in [5, 5.41) is 18.2. The number of carbonyl (C=O) groups excluding carboxylic acids is 2.